The lowest BCUT2D eigenvalue weighted by molar-refractivity contribution is -0.136. The van der Waals surface area contributed by atoms with Crippen molar-refractivity contribution in [1.82, 2.24) is 0 Å². The molecule has 0 saturated heterocycles. The molecule has 0 aliphatic heterocycles. The Labute approximate surface area is 122 Å². The van der Waals surface area contributed by atoms with E-state index in [1.807, 2.05) is 12.1 Å². The van der Waals surface area contributed by atoms with E-state index in [1.165, 1.54) is 19.2 Å². The molecule has 2 aromatic rings. The van der Waals surface area contributed by atoms with Gasteiger partial charge in [0.1, 0.15) is 11.6 Å². The third kappa shape index (κ3) is 4.21. The van der Waals surface area contributed by atoms with Gasteiger partial charge in [-0.15, -0.1) is 0 Å². The zero-order chi connectivity index (χ0) is 15.2. The predicted octanol–water partition coefficient (Wildman–Crippen LogP) is 3.07. The third-order valence-electron chi connectivity index (χ3n) is 3.02. The van der Waals surface area contributed by atoms with E-state index in [2.05, 4.69) is 5.32 Å². The molecular formula is C16H16FNO3. The van der Waals surface area contributed by atoms with Crippen LogP contribution < -0.4 is 10.1 Å². The number of aliphatic carboxylic acids is 1. The summed E-state index contributed by atoms with van der Waals surface area (Å²) in [4.78, 5) is 10.6. The molecule has 0 unspecified atom stereocenters. The van der Waals surface area contributed by atoms with Gasteiger partial charge in [-0.25, -0.2) is 4.39 Å². The van der Waals surface area contributed by atoms with Gasteiger partial charge in [-0.2, -0.15) is 0 Å². The van der Waals surface area contributed by atoms with Crippen LogP contribution in [0.3, 0.4) is 0 Å². The smallest absolute Gasteiger partial charge is 0.307 e. The largest absolute Gasteiger partial charge is 0.494 e. The van der Waals surface area contributed by atoms with Crippen LogP contribution in [0.1, 0.15) is 11.1 Å². The highest BCUT2D eigenvalue weighted by Crippen LogP contribution is 2.25. The summed E-state index contributed by atoms with van der Waals surface area (Å²) in [6.45, 7) is 0.537. The van der Waals surface area contributed by atoms with E-state index in [-0.39, 0.29) is 12.2 Å². The van der Waals surface area contributed by atoms with E-state index in [0.717, 1.165) is 11.1 Å². The molecule has 110 valence electrons. The fourth-order valence-electron chi connectivity index (χ4n) is 1.96. The van der Waals surface area contributed by atoms with Gasteiger partial charge in [-0.3, -0.25) is 4.79 Å². The summed E-state index contributed by atoms with van der Waals surface area (Å²) in [5.74, 6) is -0.759. The van der Waals surface area contributed by atoms with Gasteiger partial charge in [0.2, 0.25) is 0 Å². The molecule has 0 heterocycles. The van der Waals surface area contributed by atoms with Crippen molar-refractivity contribution in [3.8, 4) is 5.75 Å². The van der Waals surface area contributed by atoms with E-state index < -0.39 is 5.97 Å². The molecule has 5 heteroatoms. The molecule has 0 saturated carbocycles. The molecule has 0 aliphatic rings. The number of methoxy groups -OCH3 is 1. The van der Waals surface area contributed by atoms with Crippen LogP contribution in [0.15, 0.2) is 42.5 Å². The van der Waals surface area contributed by atoms with Gasteiger partial charge >= 0.3 is 5.97 Å². The molecule has 0 bridgehead atoms. The lowest BCUT2D eigenvalue weighted by atomic mass is 10.1. The number of halogens is 1. The van der Waals surface area contributed by atoms with Crippen LogP contribution in [0.25, 0.3) is 0 Å². The highest BCUT2D eigenvalue weighted by molar-refractivity contribution is 5.70. The van der Waals surface area contributed by atoms with E-state index in [4.69, 9.17) is 9.84 Å². The van der Waals surface area contributed by atoms with Crippen molar-refractivity contribution < 1.29 is 19.0 Å². The Kier molecular flexibility index (Phi) is 4.77. The average Bonchev–Trinajstić information content (AvgIpc) is 2.46. The molecular weight excluding hydrogens is 273 g/mol. The van der Waals surface area contributed by atoms with Gasteiger partial charge in [0.15, 0.2) is 0 Å². The van der Waals surface area contributed by atoms with Crippen LogP contribution >= 0.6 is 0 Å². The standard InChI is InChI=1S/C16H16FNO3/c1-21-15-9-13(17)6-7-14(15)18-10-12-4-2-11(3-5-12)8-16(19)20/h2-7,9,18H,8,10H2,1H3,(H,19,20). The van der Waals surface area contributed by atoms with Gasteiger partial charge in [0, 0.05) is 12.6 Å². The Bertz CT molecular complexity index is 626. The number of carbonyl (C=O) groups is 1. The number of nitrogens with one attached hydrogen (secondary N) is 1. The normalized spacial score (nSPS) is 10.2. The third-order valence-corrected chi connectivity index (χ3v) is 3.02. The Balaban J connectivity index is 2.01. The second-order valence-corrected chi connectivity index (χ2v) is 4.59. The van der Waals surface area contributed by atoms with Crippen LogP contribution in [0.4, 0.5) is 10.1 Å². The van der Waals surface area contributed by atoms with Crippen LogP contribution in [0, 0.1) is 5.82 Å². The van der Waals surface area contributed by atoms with Crippen molar-refractivity contribution in [2.75, 3.05) is 12.4 Å². The summed E-state index contributed by atoms with van der Waals surface area (Å²) in [7, 11) is 1.49. The lowest BCUT2D eigenvalue weighted by Gasteiger charge is -2.11. The molecule has 4 nitrogen and oxygen atoms in total. The zero-order valence-electron chi connectivity index (χ0n) is 11.6. The van der Waals surface area contributed by atoms with Gasteiger partial charge in [-0.05, 0) is 23.3 Å². The summed E-state index contributed by atoms with van der Waals surface area (Å²) in [5.41, 5.74) is 2.45. The molecule has 2 rings (SSSR count). The second-order valence-electron chi connectivity index (χ2n) is 4.59. The maximum Gasteiger partial charge on any atom is 0.307 e. The van der Waals surface area contributed by atoms with Crippen molar-refractivity contribution in [3.63, 3.8) is 0 Å². The summed E-state index contributed by atoms with van der Waals surface area (Å²) < 4.78 is 18.2. The number of carboxylic acids is 1. The molecule has 0 radical (unpaired) electrons. The Morgan fingerprint density at radius 2 is 1.86 bits per heavy atom. The Morgan fingerprint density at radius 1 is 1.19 bits per heavy atom. The zero-order valence-corrected chi connectivity index (χ0v) is 11.6. The van der Waals surface area contributed by atoms with Crippen LogP contribution in [-0.4, -0.2) is 18.2 Å². The fraction of sp³-hybridized carbons (Fsp3) is 0.188. The predicted molar refractivity (Wildman–Crippen MR) is 78.1 cm³/mol. The number of ether oxygens (including phenoxy) is 1. The lowest BCUT2D eigenvalue weighted by Crippen LogP contribution is -2.03. The number of anilines is 1. The minimum atomic E-state index is -0.850. The number of hydrogen-bond donors (Lipinski definition) is 2. The molecule has 0 amide bonds. The molecule has 0 aromatic heterocycles. The van der Waals surface area contributed by atoms with Gasteiger partial charge in [0.05, 0.1) is 19.2 Å². The summed E-state index contributed by atoms with van der Waals surface area (Å²) in [5, 5.41) is 11.9. The van der Waals surface area contributed by atoms with E-state index in [1.54, 1.807) is 18.2 Å². The van der Waals surface area contributed by atoms with Gasteiger partial charge in [0.25, 0.3) is 0 Å². The quantitative estimate of drug-likeness (QED) is 0.858. The summed E-state index contributed by atoms with van der Waals surface area (Å²) in [6.07, 6.45) is 0.0134. The molecule has 0 aliphatic carbocycles. The molecule has 0 spiro atoms. The number of benzene rings is 2. The van der Waals surface area contributed by atoms with E-state index in [0.29, 0.717) is 18.0 Å². The Hall–Kier alpha value is -2.56. The molecule has 0 fully saturated rings. The number of hydrogen-bond acceptors (Lipinski definition) is 3. The number of rotatable bonds is 6. The SMILES string of the molecule is COc1cc(F)ccc1NCc1ccc(CC(=O)O)cc1. The second kappa shape index (κ2) is 6.74. The first-order chi connectivity index (χ1) is 10.1. The molecule has 2 N–H and O–H groups in total. The van der Waals surface area contributed by atoms with Crippen molar-refractivity contribution in [3.05, 3.63) is 59.4 Å². The van der Waals surface area contributed by atoms with Crippen LogP contribution in [0.2, 0.25) is 0 Å². The van der Waals surface area contributed by atoms with Crippen molar-refractivity contribution in [2.24, 2.45) is 0 Å². The van der Waals surface area contributed by atoms with Crippen LogP contribution in [-0.2, 0) is 17.8 Å². The fourth-order valence-corrected chi connectivity index (χ4v) is 1.96. The first-order valence-corrected chi connectivity index (χ1v) is 6.45. The van der Waals surface area contributed by atoms with Crippen molar-refractivity contribution in [1.29, 1.82) is 0 Å². The van der Waals surface area contributed by atoms with Crippen molar-refractivity contribution >= 4 is 11.7 Å². The van der Waals surface area contributed by atoms with Crippen LogP contribution in [0.5, 0.6) is 5.75 Å². The first-order valence-electron chi connectivity index (χ1n) is 6.45. The molecule has 0 atom stereocenters. The summed E-state index contributed by atoms with van der Waals surface area (Å²) >= 11 is 0. The maximum atomic E-state index is 13.1. The summed E-state index contributed by atoms with van der Waals surface area (Å²) in [6, 6.07) is 11.6. The number of carboxylic acid groups (broad SMARTS) is 1. The monoisotopic (exact) mass is 289 g/mol. The first kappa shape index (κ1) is 14.8. The maximum absolute atomic E-state index is 13.1. The van der Waals surface area contributed by atoms with E-state index in [9.17, 15) is 9.18 Å². The highest BCUT2D eigenvalue weighted by Gasteiger charge is 2.05. The minimum absolute atomic E-state index is 0.0134. The van der Waals surface area contributed by atoms with Gasteiger partial charge < -0.3 is 15.2 Å². The molecule has 2 aromatic carbocycles. The highest BCUT2D eigenvalue weighted by atomic mass is 19.1. The van der Waals surface area contributed by atoms with Gasteiger partial charge in [-0.1, -0.05) is 24.3 Å². The van der Waals surface area contributed by atoms with E-state index >= 15 is 0 Å². The molecule has 21 heavy (non-hydrogen) atoms. The Morgan fingerprint density at radius 3 is 2.48 bits per heavy atom. The average molecular weight is 289 g/mol. The topological polar surface area (TPSA) is 58.6 Å². The minimum Gasteiger partial charge on any atom is -0.494 e. The van der Waals surface area contributed by atoms with Crippen molar-refractivity contribution in [2.45, 2.75) is 13.0 Å².